The van der Waals surface area contributed by atoms with Gasteiger partial charge in [-0.1, -0.05) is 24.3 Å². The lowest BCUT2D eigenvalue weighted by Crippen LogP contribution is -2.32. The smallest absolute Gasteiger partial charge is 0.148 e. The summed E-state index contributed by atoms with van der Waals surface area (Å²) in [5.74, 6) is 0.141. The van der Waals surface area contributed by atoms with Gasteiger partial charge in [-0.3, -0.25) is 0 Å². The van der Waals surface area contributed by atoms with Crippen LogP contribution in [0.1, 0.15) is 18.1 Å². The molecule has 0 fully saturated rings. The van der Waals surface area contributed by atoms with E-state index in [-0.39, 0.29) is 18.4 Å². The number of rotatable bonds is 6. The number of aliphatic hydroxyl groups is 1. The summed E-state index contributed by atoms with van der Waals surface area (Å²) in [6.45, 7) is 2.52. The van der Waals surface area contributed by atoms with Gasteiger partial charge < -0.3 is 10.4 Å². The van der Waals surface area contributed by atoms with E-state index in [9.17, 15) is 8.42 Å². The van der Waals surface area contributed by atoms with Gasteiger partial charge in [0.1, 0.15) is 9.84 Å². The van der Waals surface area contributed by atoms with Crippen molar-refractivity contribution in [2.45, 2.75) is 26.1 Å². The Balaban J connectivity index is 2.44. The summed E-state index contributed by atoms with van der Waals surface area (Å²) in [5.41, 5.74) is 1.94. The minimum Gasteiger partial charge on any atom is -0.392 e. The Morgan fingerprint density at radius 2 is 1.76 bits per heavy atom. The second-order valence-corrected chi connectivity index (χ2v) is 6.53. The van der Waals surface area contributed by atoms with Crippen molar-refractivity contribution in [2.24, 2.45) is 0 Å². The van der Waals surface area contributed by atoms with E-state index in [2.05, 4.69) is 5.32 Å². The van der Waals surface area contributed by atoms with Crippen LogP contribution in [0.2, 0.25) is 0 Å². The molecule has 1 atom stereocenters. The van der Waals surface area contributed by atoms with E-state index in [0.29, 0.717) is 6.54 Å². The molecule has 1 unspecified atom stereocenters. The lowest BCUT2D eigenvalue weighted by molar-refractivity contribution is 0.282. The highest BCUT2D eigenvalue weighted by atomic mass is 32.2. The zero-order chi connectivity index (χ0) is 12.9. The lowest BCUT2D eigenvalue weighted by atomic mass is 10.1. The maximum absolute atomic E-state index is 11.1. The summed E-state index contributed by atoms with van der Waals surface area (Å²) in [6.07, 6.45) is 1.24. The van der Waals surface area contributed by atoms with Gasteiger partial charge >= 0.3 is 0 Å². The Hall–Kier alpha value is -0.910. The van der Waals surface area contributed by atoms with Gasteiger partial charge in [-0.05, 0) is 18.1 Å². The van der Waals surface area contributed by atoms with Crippen molar-refractivity contribution in [1.29, 1.82) is 0 Å². The molecule has 5 heteroatoms. The highest BCUT2D eigenvalue weighted by Gasteiger charge is 2.09. The average Bonchev–Trinajstić information content (AvgIpc) is 2.25. The molecule has 96 valence electrons. The monoisotopic (exact) mass is 257 g/mol. The van der Waals surface area contributed by atoms with Crippen LogP contribution in [0.15, 0.2) is 24.3 Å². The van der Waals surface area contributed by atoms with E-state index in [0.717, 1.165) is 11.1 Å². The van der Waals surface area contributed by atoms with Gasteiger partial charge in [0, 0.05) is 18.8 Å². The van der Waals surface area contributed by atoms with E-state index in [1.165, 1.54) is 6.26 Å². The second-order valence-electron chi connectivity index (χ2n) is 4.35. The molecule has 0 aliphatic heterocycles. The SMILES string of the molecule is CC(CS(C)(=O)=O)NCc1ccc(CO)cc1. The molecule has 0 saturated carbocycles. The van der Waals surface area contributed by atoms with Crippen LogP contribution in [0.4, 0.5) is 0 Å². The third kappa shape index (κ3) is 5.81. The van der Waals surface area contributed by atoms with Crippen LogP contribution in [0.25, 0.3) is 0 Å². The van der Waals surface area contributed by atoms with Crippen LogP contribution in [0.3, 0.4) is 0 Å². The van der Waals surface area contributed by atoms with E-state index in [1.54, 1.807) is 0 Å². The average molecular weight is 257 g/mol. The van der Waals surface area contributed by atoms with E-state index < -0.39 is 9.84 Å². The van der Waals surface area contributed by atoms with E-state index in [1.807, 2.05) is 31.2 Å². The number of hydrogen-bond acceptors (Lipinski definition) is 4. The summed E-state index contributed by atoms with van der Waals surface area (Å²) >= 11 is 0. The van der Waals surface area contributed by atoms with Gasteiger partial charge in [-0.2, -0.15) is 0 Å². The first kappa shape index (κ1) is 14.2. The third-order valence-corrected chi connectivity index (χ3v) is 3.52. The number of aliphatic hydroxyl groups excluding tert-OH is 1. The fourth-order valence-electron chi connectivity index (χ4n) is 1.57. The summed E-state index contributed by atoms with van der Waals surface area (Å²) in [6, 6.07) is 7.50. The van der Waals surface area contributed by atoms with Crippen LogP contribution < -0.4 is 5.32 Å². The molecule has 0 radical (unpaired) electrons. The minimum atomic E-state index is -2.93. The van der Waals surface area contributed by atoms with Crippen molar-refractivity contribution in [3.63, 3.8) is 0 Å². The summed E-state index contributed by atoms with van der Waals surface area (Å²) in [4.78, 5) is 0. The fourth-order valence-corrected chi connectivity index (χ4v) is 2.59. The first-order valence-corrected chi connectivity index (χ1v) is 7.56. The molecule has 0 heterocycles. The number of benzene rings is 1. The van der Waals surface area contributed by atoms with Gasteiger partial charge in [0.05, 0.1) is 12.4 Å². The molecule has 1 rings (SSSR count). The highest BCUT2D eigenvalue weighted by Crippen LogP contribution is 2.04. The summed E-state index contributed by atoms with van der Waals surface area (Å²) in [7, 11) is -2.93. The largest absolute Gasteiger partial charge is 0.392 e. The summed E-state index contributed by atoms with van der Waals surface area (Å²) < 4.78 is 22.1. The van der Waals surface area contributed by atoms with Crippen molar-refractivity contribution < 1.29 is 13.5 Å². The number of sulfone groups is 1. The third-order valence-electron chi connectivity index (χ3n) is 2.41. The molecule has 0 aliphatic rings. The van der Waals surface area contributed by atoms with E-state index in [4.69, 9.17) is 5.11 Å². The number of nitrogens with one attached hydrogen (secondary N) is 1. The van der Waals surface area contributed by atoms with Crippen LogP contribution in [0, 0.1) is 0 Å². The Kier molecular flexibility index (Phi) is 5.11. The van der Waals surface area contributed by atoms with Gasteiger partial charge in [0.15, 0.2) is 0 Å². The molecule has 0 saturated heterocycles. The Morgan fingerprint density at radius 3 is 2.24 bits per heavy atom. The van der Waals surface area contributed by atoms with Gasteiger partial charge in [-0.25, -0.2) is 8.42 Å². The number of hydrogen-bond donors (Lipinski definition) is 2. The quantitative estimate of drug-likeness (QED) is 0.787. The summed E-state index contributed by atoms with van der Waals surface area (Å²) in [5, 5.41) is 12.0. The molecule has 0 bridgehead atoms. The van der Waals surface area contributed by atoms with Crippen LogP contribution in [-0.4, -0.2) is 31.6 Å². The van der Waals surface area contributed by atoms with Crippen molar-refractivity contribution >= 4 is 9.84 Å². The topological polar surface area (TPSA) is 66.4 Å². The van der Waals surface area contributed by atoms with Crippen molar-refractivity contribution in [3.8, 4) is 0 Å². The van der Waals surface area contributed by atoms with Gasteiger partial charge in [0.25, 0.3) is 0 Å². The molecule has 0 amide bonds. The molecule has 1 aromatic rings. The Morgan fingerprint density at radius 1 is 1.24 bits per heavy atom. The standard InChI is InChI=1S/C12H19NO3S/c1-10(9-17(2,15)16)13-7-11-3-5-12(8-14)6-4-11/h3-6,10,13-14H,7-9H2,1-2H3. The van der Waals surface area contributed by atoms with Crippen molar-refractivity contribution in [2.75, 3.05) is 12.0 Å². The Labute approximate surface area is 103 Å². The zero-order valence-electron chi connectivity index (χ0n) is 10.2. The predicted molar refractivity (Wildman–Crippen MR) is 68.4 cm³/mol. The van der Waals surface area contributed by atoms with Crippen LogP contribution >= 0.6 is 0 Å². The maximum Gasteiger partial charge on any atom is 0.148 e. The molecule has 1 aromatic carbocycles. The fraction of sp³-hybridized carbons (Fsp3) is 0.500. The van der Waals surface area contributed by atoms with E-state index >= 15 is 0 Å². The first-order valence-electron chi connectivity index (χ1n) is 5.50. The molecule has 2 N–H and O–H groups in total. The van der Waals surface area contributed by atoms with Crippen LogP contribution in [-0.2, 0) is 23.0 Å². The maximum atomic E-state index is 11.1. The lowest BCUT2D eigenvalue weighted by Gasteiger charge is -2.12. The molecule has 0 aromatic heterocycles. The molecule has 4 nitrogen and oxygen atoms in total. The first-order chi connectivity index (χ1) is 7.90. The van der Waals surface area contributed by atoms with Gasteiger partial charge in [0.2, 0.25) is 0 Å². The van der Waals surface area contributed by atoms with Crippen LogP contribution in [0.5, 0.6) is 0 Å². The normalized spacial score (nSPS) is 13.6. The molecule has 17 heavy (non-hydrogen) atoms. The second kappa shape index (κ2) is 6.14. The minimum absolute atomic E-state index is 0.0399. The highest BCUT2D eigenvalue weighted by molar-refractivity contribution is 7.90. The molecular weight excluding hydrogens is 238 g/mol. The predicted octanol–water partition coefficient (Wildman–Crippen LogP) is 0.702. The molecule has 0 aliphatic carbocycles. The Bertz CT molecular complexity index is 439. The van der Waals surface area contributed by atoms with Gasteiger partial charge in [-0.15, -0.1) is 0 Å². The zero-order valence-corrected chi connectivity index (χ0v) is 11.0. The van der Waals surface area contributed by atoms with Crippen molar-refractivity contribution in [3.05, 3.63) is 35.4 Å². The molecule has 0 spiro atoms. The molecular formula is C12H19NO3S. The van der Waals surface area contributed by atoms with Crippen molar-refractivity contribution in [1.82, 2.24) is 5.32 Å².